The molecule has 0 aliphatic carbocycles. The Morgan fingerprint density at radius 2 is 2.04 bits per heavy atom. The molecular formula is C17H15Cl2N5OS. The minimum Gasteiger partial charge on any atom is -0.324 e. The smallest absolute Gasteiger partial charge is 0.234 e. The normalized spacial score (nSPS) is 10.8. The van der Waals surface area contributed by atoms with Crippen molar-refractivity contribution in [1.29, 1.82) is 0 Å². The van der Waals surface area contributed by atoms with Gasteiger partial charge in [0.05, 0.1) is 27.2 Å². The Hall–Kier alpha value is -2.09. The molecule has 1 N–H and O–H groups in total. The summed E-state index contributed by atoms with van der Waals surface area (Å²) in [5, 5.41) is 15.8. The van der Waals surface area contributed by atoms with Crippen LogP contribution >= 0.6 is 35.0 Å². The summed E-state index contributed by atoms with van der Waals surface area (Å²) in [6.07, 6.45) is 0. The van der Waals surface area contributed by atoms with E-state index in [0.717, 1.165) is 16.8 Å². The zero-order valence-electron chi connectivity index (χ0n) is 14.0. The number of aryl methyl sites for hydroxylation is 2. The van der Waals surface area contributed by atoms with Gasteiger partial charge < -0.3 is 5.32 Å². The average Bonchev–Trinajstić information content (AvgIpc) is 3.07. The molecule has 0 spiro atoms. The van der Waals surface area contributed by atoms with Gasteiger partial charge in [-0.05, 0) is 53.6 Å². The molecule has 0 aliphatic heterocycles. The lowest BCUT2D eigenvalue weighted by Gasteiger charge is -2.09. The third-order valence-electron chi connectivity index (χ3n) is 3.59. The summed E-state index contributed by atoms with van der Waals surface area (Å²) in [5.41, 5.74) is 3.50. The minimum absolute atomic E-state index is 0.133. The molecule has 3 rings (SSSR count). The first-order chi connectivity index (χ1) is 12.5. The first-order valence-corrected chi connectivity index (χ1v) is 9.42. The number of nitrogens with one attached hydrogen (secondary N) is 1. The Bertz CT molecular complexity index is 960. The Kier molecular flexibility index (Phi) is 5.80. The molecule has 26 heavy (non-hydrogen) atoms. The Balaban J connectivity index is 1.71. The lowest BCUT2D eigenvalue weighted by Crippen LogP contribution is -2.15. The predicted molar refractivity (Wildman–Crippen MR) is 104 cm³/mol. The van der Waals surface area contributed by atoms with Crippen molar-refractivity contribution in [3.05, 3.63) is 57.6 Å². The molecule has 134 valence electrons. The first-order valence-electron chi connectivity index (χ1n) is 7.68. The molecular weight excluding hydrogens is 393 g/mol. The van der Waals surface area contributed by atoms with E-state index < -0.39 is 0 Å². The number of aromatic nitrogens is 4. The van der Waals surface area contributed by atoms with Crippen molar-refractivity contribution >= 4 is 46.6 Å². The van der Waals surface area contributed by atoms with Gasteiger partial charge in [0.15, 0.2) is 0 Å². The summed E-state index contributed by atoms with van der Waals surface area (Å²) in [6, 6.07) is 11.1. The summed E-state index contributed by atoms with van der Waals surface area (Å²) < 4.78 is 1.63. The summed E-state index contributed by atoms with van der Waals surface area (Å²) in [5.74, 6) is -0.0941. The van der Waals surface area contributed by atoms with Gasteiger partial charge in [0.2, 0.25) is 11.1 Å². The zero-order chi connectivity index (χ0) is 18.7. The maximum Gasteiger partial charge on any atom is 0.234 e. The Morgan fingerprint density at radius 3 is 2.85 bits per heavy atom. The standard InChI is InChI=1S/C17H15Cl2N5OS/c1-10-6-7-11(2)14(8-10)24-17(21-22-23-24)26-9-15(25)20-13-5-3-4-12(18)16(13)19/h3-8H,9H2,1-2H3,(H,20,25). The number of carbonyl (C=O) groups excluding carboxylic acids is 1. The van der Waals surface area contributed by atoms with Gasteiger partial charge in [0.1, 0.15) is 0 Å². The van der Waals surface area contributed by atoms with Crippen LogP contribution in [0.2, 0.25) is 10.0 Å². The maximum atomic E-state index is 12.2. The number of rotatable bonds is 5. The molecule has 0 fully saturated rings. The molecule has 0 radical (unpaired) electrons. The molecule has 1 amide bonds. The molecule has 0 bridgehead atoms. The molecule has 0 unspecified atom stereocenters. The van der Waals surface area contributed by atoms with Gasteiger partial charge in [-0.2, -0.15) is 4.68 Å². The van der Waals surface area contributed by atoms with Crippen molar-refractivity contribution in [3.8, 4) is 5.69 Å². The number of nitrogens with zero attached hydrogens (tertiary/aromatic N) is 4. The molecule has 2 aromatic carbocycles. The molecule has 0 saturated carbocycles. The second-order valence-electron chi connectivity index (χ2n) is 5.60. The van der Waals surface area contributed by atoms with E-state index in [0.29, 0.717) is 20.9 Å². The average molecular weight is 408 g/mol. The van der Waals surface area contributed by atoms with Crippen LogP contribution in [-0.2, 0) is 4.79 Å². The number of hydrogen-bond acceptors (Lipinski definition) is 5. The van der Waals surface area contributed by atoms with Gasteiger partial charge in [0.25, 0.3) is 0 Å². The SMILES string of the molecule is Cc1ccc(C)c(-n2nnnc2SCC(=O)Nc2cccc(Cl)c2Cl)c1. The zero-order valence-corrected chi connectivity index (χ0v) is 16.4. The van der Waals surface area contributed by atoms with Crippen molar-refractivity contribution in [3.63, 3.8) is 0 Å². The van der Waals surface area contributed by atoms with Crippen molar-refractivity contribution < 1.29 is 4.79 Å². The van der Waals surface area contributed by atoms with Gasteiger partial charge in [-0.1, -0.05) is 53.2 Å². The van der Waals surface area contributed by atoms with Crippen LogP contribution in [-0.4, -0.2) is 31.9 Å². The third kappa shape index (κ3) is 4.17. The Morgan fingerprint density at radius 1 is 1.23 bits per heavy atom. The molecule has 3 aromatic rings. The van der Waals surface area contributed by atoms with Crippen LogP contribution < -0.4 is 5.32 Å². The highest BCUT2D eigenvalue weighted by Crippen LogP contribution is 2.30. The number of carbonyl (C=O) groups is 1. The monoisotopic (exact) mass is 407 g/mol. The lowest BCUT2D eigenvalue weighted by atomic mass is 10.1. The Labute approximate surface area is 164 Å². The number of anilines is 1. The number of amides is 1. The number of thioether (sulfide) groups is 1. The summed E-state index contributed by atoms with van der Waals surface area (Å²) in [7, 11) is 0. The molecule has 6 nitrogen and oxygen atoms in total. The first kappa shape index (κ1) is 18.7. The molecule has 1 aromatic heterocycles. The van der Waals surface area contributed by atoms with Crippen LogP contribution in [0.4, 0.5) is 5.69 Å². The minimum atomic E-state index is -0.227. The van der Waals surface area contributed by atoms with E-state index >= 15 is 0 Å². The van der Waals surface area contributed by atoms with Gasteiger partial charge in [-0.3, -0.25) is 4.79 Å². The molecule has 1 heterocycles. The van der Waals surface area contributed by atoms with Crippen molar-refractivity contribution in [2.45, 2.75) is 19.0 Å². The number of benzene rings is 2. The maximum absolute atomic E-state index is 12.2. The van der Waals surface area contributed by atoms with Crippen LogP contribution in [0.1, 0.15) is 11.1 Å². The van der Waals surface area contributed by atoms with Crippen LogP contribution in [0.5, 0.6) is 0 Å². The largest absolute Gasteiger partial charge is 0.324 e. The van der Waals surface area contributed by atoms with E-state index in [2.05, 4.69) is 20.8 Å². The number of halogens is 2. The highest BCUT2D eigenvalue weighted by molar-refractivity contribution is 7.99. The van der Waals surface area contributed by atoms with Crippen LogP contribution in [0.15, 0.2) is 41.6 Å². The van der Waals surface area contributed by atoms with E-state index in [1.165, 1.54) is 11.8 Å². The van der Waals surface area contributed by atoms with Crippen LogP contribution in [0.25, 0.3) is 5.69 Å². The third-order valence-corrected chi connectivity index (χ3v) is 5.33. The highest BCUT2D eigenvalue weighted by atomic mass is 35.5. The lowest BCUT2D eigenvalue weighted by molar-refractivity contribution is -0.113. The van der Waals surface area contributed by atoms with Gasteiger partial charge >= 0.3 is 0 Å². The number of hydrogen-bond donors (Lipinski definition) is 1. The van der Waals surface area contributed by atoms with Gasteiger partial charge in [-0.25, -0.2) is 0 Å². The van der Waals surface area contributed by atoms with E-state index in [-0.39, 0.29) is 11.7 Å². The van der Waals surface area contributed by atoms with Gasteiger partial charge in [0, 0.05) is 0 Å². The summed E-state index contributed by atoms with van der Waals surface area (Å²) >= 11 is 13.3. The molecule has 0 aliphatic rings. The van der Waals surface area contributed by atoms with Crippen molar-refractivity contribution in [2.24, 2.45) is 0 Å². The second kappa shape index (κ2) is 8.07. The molecule has 9 heteroatoms. The quantitative estimate of drug-likeness (QED) is 0.637. The summed E-state index contributed by atoms with van der Waals surface area (Å²) in [6.45, 7) is 3.99. The number of tetrazole rings is 1. The second-order valence-corrected chi connectivity index (χ2v) is 7.33. The highest BCUT2D eigenvalue weighted by Gasteiger charge is 2.14. The van der Waals surface area contributed by atoms with E-state index in [1.54, 1.807) is 22.9 Å². The fourth-order valence-corrected chi connectivity index (χ4v) is 3.32. The van der Waals surface area contributed by atoms with Gasteiger partial charge in [-0.15, -0.1) is 5.10 Å². The van der Waals surface area contributed by atoms with Crippen LogP contribution in [0.3, 0.4) is 0 Å². The molecule has 0 atom stereocenters. The summed E-state index contributed by atoms with van der Waals surface area (Å²) in [4.78, 5) is 12.2. The molecule has 0 saturated heterocycles. The van der Waals surface area contributed by atoms with E-state index in [4.69, 9.17) is 23.2 Å². The van der Waals surface area contributed by atoms with Crippen molar-refractivity contribution in [2.75, 3.05) is 11.1 Å². The fraction of sp³-hybridized carbons (Fsp3) is 0.176. The predicted octanol–water partition coefficient (Wildman–Crippen LogP) is 4.32. The van der Waals surface area contributed by atoms with E-state index in [1.807, 2.05) is 32.0 Å². The van der Waals surface area contributed by atoms with E-state index in [9.17, 15) is 4.79 Å². The topological polar surface area (TPSA) is 72.7 Å². The van der Waals surface area contributed by atoms with Crippen LogP contribution in [0, 0.1) is 13.8 Å². The fourth-order valence-electron chi connectivity index (χ4n) is 2.28. The van der Waals surface area contributed by atoms with Crippen molar-refractivity contribution in [1.82, 2.24) is 20.2 Å².